The molecule has 3 rings (SSSR count). The number of hydrogen-bond acceptors (Lipinski definition) is 5. The summed E-state index contributed by atoms with van der Waals surface area (Å²) in [5, 5.41) is 2.59. The fourth-order valence-electron chi connectivity index (χ4n) is 2.77. The predicted octanol–water partition coefficient (Wildman–Crippen LogP) is 4.35. The highest BCUT2D eigenvalue weighted by Gasteiger charge is 2.32. The number of amides is 2. The minimum atomic E-state index is -4.46. The molecule has 2 amide bonds. The van der Waals surface area contributed by atoms with Gasteiger partial charge in [0.05, 0.1) is 17.6 Å². The van der Waals surface area contributed by atoms with Crippen LogP contribution in [-0.4, -0.2) is 41.2 Å². The second-order valence-electron chi connectivity index (χ2n) is 6.44. The van der Waals surface area contributed by atoms with Crippen LogP contribution in [0, 0.1) is 0 Å². The minimum absolute atomic E-state index is 0.0938. The average molecular weight is 467 g/mol. The first-order chi connectivity index (χ1) is 14.7. The number of carbonyl (C=O) groups is 2. The Bertz CT molecular complexity index is 1040. The van der Waals surface area contributed by atoms with E-state index in [2.05, 4.69) is 5.32 Å². The maximum absolute atomic E-state index is 12.7. The molecule has 0 aromatic heterocycles. The van der Waals surface area contributed by atoms with Crippen molar-refractivity contribution in [2.75, 3.05) is 20.2 Å². The molecule has 0 atom stereocenters. The summed E-state index contributed by atoms with van der Waals surface area (Å²) in [6, 6.07) is 11.1. The molecule has 0 saturated carbocycles. The zero-order chi connectivity index (χ0) is 22.6. The van der Waals surface area contributed by atoms with Crippen molar-refractivity contribution in [3.63, 3.8) is 0 Å². The van der Waals surface area contributed by atoms with E-state index in [1.807, 2.05) is 12.1 Å². The van der Waals surface area contributed by atoms with Crippen LogP contribution in [0.1, 0.15) is 21.5 Å². The predicted molar refractivity (Wildman–Crippen MR) is 117 cm³/mol. The van der Waals surface area contributed by atoms with Gasteiger partial charge in [-0.05, 0) is 48.0 Å². The monoisotopic (exact) mass is 466 g/mol. The molecule has 0 aliphatic carbocycles. The van der Waals surface area contributed by atoms with Gasteiger partial charge in [-0.1, -0.05) is 36.1 Å². The van der Waals surface area contributed by atoms with Gasteiger partial charge in [-0.2, -0.15) is 13.2 Å². The normalized spacial score (nSPS) is 15.5. The first kappa shape index (κ1) is 22.8. The first-order valence-electron chi connectivity index (χ1n) is 9.04. The van der Waals surface area contributed by atoms with Crippen LogP contribution in [0.3, 0.4) is 0 Å². The Kier molecular flexibility index (Phi) is 7.01. The Morgan fingerprint density at radius 2 is 1.94 bits per heavy atom. The van der Waals surface area contributed by atoms with Crippen LogP contribution in [0.15, 0.2) is 53.4 Å². The van der Waals surface area contributed by atoms with Gasteiger partial charge >= 0.3 is 6.18 Å². The zero-order valence-corrected chi connectivity index (χ0v) is 17.9. The number of methoxy groups -OCH3 is 1. The molecule has 1 aliphatic heterocycles. The van der Waals surface area contributed by atoms with Crippen molar-refractivity contribution in [1.82, 2.24) is 10.2 Å². The van der Waals surface area contributed by atoms with E-state index in [9.17, 15) is 22.8 Å². The molecule has 10 heteroatoms. The van der Waals surface area contributed by atoms with E-state index in [-0.39, 0.29) is 24.6 Å². The molecule has 1 aliphatic rings. The average Bonchev–Trinajstić information content (AvgIpc) is 3.00. The van der Waals surface area contributed by atoms with Crippen molar-refractivity contribution < 1.29 is 27.5 Å². The van der Waals surface area contributed by atoms with Gasteiger partial charge in [0.25, 0.3) is 11.8 Å². The fraction of sp³-hybridized carbons (Fsp3) is 0.190. The maximum Gasteiger partial charge on any atom is 0.416 e. The number of nitrogens with zero attached hydrogens (tertiary/aromatic N) is 1. The summed E-state index contributed by atoms with van der Waals surface area (Å²) >= 11 is 6.42. The number of thioether (sulfide) groups is 1. The quantitative estimate of drug-likeness (QED) is 0.507. The Morgan fingerprint density at radius 1 is 1.23 bits per heavy atom. The van der Waals surface area contributed by atoms with Crippen molar-refractivity contribution in [2.24, 2.45) is 0 Å². The van der Waals surface area contributed by atoms with Gasteiger partial charge in [0, 0.05) is 18.7 Å². The molecule has 162 valence electrons. The third-order valence-corrected chi connectivity index (χ3v) is 5.74. The van der Waals surface area contributed by atoms with Crippen LogP contribution >= 0.6 is 24.0 Å². The molecule has 2 aromatic rings. The van der Waals surface area contributed by atoms with Crippen LogP contribution < -0.4 is 10.1 Å². The largest absolute Gasteiger partial charge is 0.497 e. The van der Waals surface area contributed by atoms with E-state index in [4.69, 9.17) is 17.0 Å². The maximum atomic E-state index is 12.7. The van der Waals surface area contributed by atoms with Gasteiger partial charge in [-0.15, -0.1) is 0 Å². The van der Waals surface area contributed by atoms with Crippen molar-refractivity contribution in [1.29, 1.82) is 0 Å². The first-order valence-corrected chi connectivity index (χ1v) is 10.3. The van der Waals surface area contributed by atoms with Crippen LogP contribution in [0.4, 0.5) is 13.2 Å². The third-order valence-electron chi connectivity index (χ3n) is 4.36. The van der Waals surface area contributed by atoms with E-state index in [1.165, 1.54) is 4.90 Å². The molecule has 0 unspecified atom stereocenters. The zero-order valence-electron chi connectivity index (χ0n) is 16.2. The summed E-state index contributed by atoms with van der Waals surface area (Å²) in [6.45, 7) is 0.241. The number of benzene rings is 2. The molecule has 1 N–H and O–H groups in total. The second-order valence-corrected chi connectivity index (χ2v) is 8.12. The molecule has 1 saturated heterocycles. The van der Waals surface area contributed by atoms with Crippen LogP contribution in [0.5, 0.6) is 5.75 Å². The van der Waals surface area contributed by atoms with Crippen LogP contribution in [0.2, 0.25) is 0 Å². The number of thiocarbonyl (C=S) groups is 1. The van der Waals surface area contributed by atoms with Crippen LogP contribution in [-0.2, 0) is 11.0 Å². The Hall–Kier alpha value is -2.85. The summed E-state index contributed by atoms with van der Waals surface area (Å²) < 4.78 is 43.4. The summed E-state index contributed by atoms with van der Waals surface area (Å²) in [4.78, 5) is 26.6. The van der Waals surface area contributed by atoms with Crippen molar-refractivity contribution in [3.05, 3.63) is 70.1 Å². The van der Waals surface area contributed by atoms with Gasteiger partial charge in [0.1, 0.15) is 10.1 Å². The van der Waals surface area contributed by atoms with Gasteiger partial charge in [0.15, 0.2) is 0 Å². The lowest BCUT2D eigenvalue weighted by Gasteiger charge is -2.15. The lowest BCUT2D eigenvalue weighted by molar-refractivity contribution is -0.137. The SMILES string of the molecule is COc1cccc(/C=C2/SC(=S)N(CCNC(=O)c3ccc(C(F)(F)F)cc3)C2=O)c1. The van der Waals surface area contributed by atoms with Gasteiger partial charge in [-0.25, -0.2) is 0 Å². The molecule has 31 heavy (non-hydrogen) atoms. The number of alkyl halides is 3. The van der Waals surface area contributed by atoms with Crippen molar-refractivity contribution >= 4 is 46.2 Å². The lowest BCUT2D eigenvalue weighted by atomic mass is 10.1. The summed E-state index contributed by atoms with van der Waals surface area (Å²) in [5.74, 6) is -0.150. The molecular formula is C21H17F3N2O3S2. The lowest BCUT2D eigenvalue weighted by Crippen LogP contribution is -2.37. The smallest absolute Gasteiger partial charge is 0.416 e. The summed E-state index contributed by atoms with van der Waals surface area (Å²) in [7, 11) is 1.55. The minimum Gasteiger partial charge on any atom is -0.497 e. The number of ether oxygens (including phenoxy) is 1. The van der Waals surface area contributed by atoms with E-state index in [0.717, 1.165) is 41.6 Å². The van der Waals surface area contributed by atoms with Gasteiger partial charge < -0.3 is 10.1 Å². The van der Waals surface area contributed by atoms with Crippen molar-refractivity contribution in [2.45, 2.75) is 6.18 Å². The highest BCUT2D eigenvalue weighted by atomic mass is 32.2. The molecule has 1 fully saturated rings. The Morgan fingerprint density at radius 3 is 2.58 bits per heavy atom. The molecule has 5 nitrogen and oxygen atoms in total. The van der Waals surface area contributed by atoms with E-state index >= 15 is 0 Å². The van der Waals surface area contributed by atoms with E-state index < -0.39 is 17.6 Å². The van der Waals surface area contributed by atoms with E-state index in [0.29, 0.717) is 15.0 Å². The Labute approximate surface area is 186 Å². The topological polar surface area (TPSA) is 58.6 Å². The molecule has 0 radical (unpaired) electrons. The molecule has 1 heterocycles. The Balaban J connectivity index is 1.58. The van der Waals surface area contributed by atoms with Crippen molar-refractivity contribution in [3.8, 4) is 5.75 Å². The number of halogens is 3. The molecule has 0 spiro atoms. The highest BCUT2D eigenvalue weighted by molar-refractivity contribution is 8.26. The van der Waals surface area contributed by atoms with Gasteiger partial charge in [-0.3, -0.25) is 14.5 Å². The summed E-state index contributed by atoms with van der Waals surface area (Å²) in [5.41, 5.74) is 0.0520. The number of carbonyl (C=O) groups excluding carboxylic acids is 2. The number of nitrogens with one attached hydrogen (secondary N) is 1. The molecule has 0 bridgehead atoms. The molecular weight excluding hydrogens is 449 g/mol. The molecule has 2 aromatic carbocycles. The van der Waals surface area contributed by atoms with Crippen LogP contribution in [0.25, 0.3) is 6.08 Å². The van der Waals surface area contributed by atoms with E-state index in [1.54, 1.807) is 25.3 Å². The summed E-state index contributed by atoms with van der Waals surface area (Å²) in [6.07, 6.45) is -2.75. The fourth-order valence-corrected chi connectivity index (χ4v) is 4.08. The third kappa shape index (κ3) is 5.65. The number of hydrogen-bond donors (Lipinski definition) is 1. The standard InChI is InChI=1S/C21H17F3N2O3S2/c1-29-16-4-2-3-13(11-16)12-17-19(28)26(20(30)31-17)10-9-25-18(27)14-5-7-15(8-6-14)21(22,23)24/h2-8,11-12H,9-10H2,1H3,(H,25,27)/b17-12+. The van der Waals surface area contributed by atoms with Gasteiger partial charge in [0.2, 0.25) is 0 Å². The second kappa shape index (κ2) is 9.52. The highest BCUT2D eigenvalue weighted by Crippen LogP contribution is 2.33. The number of rotatable bonds is 6.